The molecule has 5 nitrogen and oxygen atoms in total. The van der Waals surface area contributed by atoms with Gasteiger partial charge >= 0.3 is 0 Å². The zero-order valence-corrected chi connectivity index (χ0v) is 17.4. The van der Waals surface area contributed by atoms with Gasteiger partial charge in [-0.1, -0.05) is 12.8 Å². The summed E-state index contributed by atoms with van der Waals surface area (Å²) >= 11 is 0. The van der Waals surface area contributed by atoms with Crippen LogP contribution in [0, 0.1) is 5.92 Å². The lowest BCUT2D eigenvalue weighted by Gasteiger charge is -2.26. The second-order valence-electron chi connectivity index (χ2n) is 6.76. The Balaban J connectivity index is 0.00000264. The van der Waals surface area contributed by atoms with Crippen molar-refractivity contribution in [3.63, 3.8) is 0 Å². The minimum Gasteiger partial charge on any atom is -0.381 e. The molecule has 1 saturated heterocycles. The van der Waals surface area contributed by atoms with Gasteiger partial charge in [-0.25, -0.2) is 0 Å². The van der Waals surface area contributed by atoms with E-state index >= 15 is 0 Å². The van der Waals surface area contributed by atoms with Crippen LogP contribution in [0.1, 0.15) is 39.0 Å². The van der Waals surface area contributed by atoms with Gasteiger partial charge in [-0.3, -0.25) is 4.99 Å². The summed E-state index contributed by atoms with van der Waals surface area (Å²) in [5.74, 6) is 1.68. The van der Waals surface area contributed by atoms with Crippen LogP contribution in [-0.4, -0.2) is 75.3 Å². The molecule has 1 saturated carbocycles. The molecule has 1 aliphatic carbocycles. The van der Waals surface area contributed by atoms with E-state index in [-0.39, 0.29) is 24.0 Å². The van der Waals surface area contributed by atoms with Gasteiger partial charge in [0.15, 0.2) is 5.96 Å². The third kappa shape index (κ3) is 7.13. The highest BCUT2D eigenvalue weighted by molar-refractivity contribution is 14.0. The summed E-state index contributed by atoms with van der Waals surface area (Å²) in [5, 5.41) is 3.42. The van der Waals surface area contributed by atoms with Crippen molar-refractivity contribution in [3.05, 3.63) is 0 Å². The maximum atomic E-state index is 5.47. The van der Waals surface area contributed by atoms with E-state index in [2.05, 4.69) is 36.1 Å². The number of likely N-dealkylation sites (N-methyl/N-ethyl adjacent to an activating group) is 1. The predicted octanol–water partition coefficient (Wildman–Crippen LogP) is 2.41. The second kappa shape index (κ2) is 11.5. The Bertz CT molecular complexity index is 341. The molecule has 2 fully saturated rings. The SMILES string of the molecule is CCNC(=NCCN(C)C1CCCC1)N(C)CC1CCOC1.I. The molecule has 2 rings (SSSR count). The molecule has 23 heavy (non-hydrogen) atoms. The van der Waals surface area contributed by atoms with Gasteiger partial charge in [0, 0.05) is 45.2 Å². The van der Waals surface area contributed by atoms with Gasteiger partial charge < -0.3 is 19.9 Å². The number of hydrogen-bond donors (Lipinski definition) is 1. The van der Waals surface area contributed by atoms with Gasteiger partial charge in [0.2, 0.25) is 0 Å². The monoisotopic (exact) mass is 438 g/mol. The number of halogens is 1. The van der Waals surface area contributed by atoms with Crippen LogP contribution in [-0.2, 0) is 4.74 Å². The minimum absolute atomic E-state index is 0. The van der Waals surface area contributed by atoms with E-state index in [0.29, 0.717) is 5.92 Å². The molecule has 0 aromatic heterocycles. The standard InChI is InChI=1S/C17H34N4O.HI/c1-4-18-17(21(3)13-15-9-12-22-14-15)19-10-11-20(2)16-7-5-6-8-16;/h15-16H,4-14H2,1-3H3,(H,18,19);1H. The lowest BCUT2D eigenvalue weighted by molar-refractivity contribution is 0.181. The maximum absolute atomic E-state index is 5.47. The average Bonchev–Trinajstić information content (AvgIpc) is 3.19. The topological polar surface area (TPSA) is 40.1 Å². The molecular formula is C17H35IN4O. The molecule has 0 radical (unpaired) electrons. The van der Waals surface area contributed by atoms with Crippen molar-refractivity contribution < 1.29 is 4.74 Å². The van der Waals surface area contributed by atoms with Crippen molar-refractivity contribution >= 4 is 29.9 Å². The molecule has 1 aliphatic heterocycles. The van der Waals surface area contributed by atoms with Crippen molar-refractivity contribution in [1.82, 2.24) is 15.1 Å². The largest absolute Gasteiger partial charge is 0.381 e. The van der Waals surface area contributed by atoms with Crippen LogP contribution < -0.4 is 5.32 Å². The zero-order valence-electron chi connectivity index (χ0n) is 15.1. The number of ether oxygens (including phenoxy) is 1. The smallest absolute Gasteiger partial charge is 0.193 e. The quantitative estimate of drug-likeness (QED) is 0.377. The van der Waals surface area contributed by atoms with E-state index in [1.807, 2.05) is 0 Å². The highest BCUT2D eigenvalue weighted by Crippen LogP contribution is 2.21. The minimum atomic E-state index is 0. The predicted molar refractivity (Wildman–Crippen MR) is 108 cm³/mol. The van der Waals surface area contributed by atoms with Crippen molar-refractivity contribution in [3.8, 4) is 0 Å². The van der Waals surface area contributed by atoms with E-state index in [1.165, 1.54) is 32.1 Å². The Labute approximate surface area is 159 Å². The fraction of sp³-hybridized carbons (Fsp3) is 0.941. The van der Waals surface area contributed by atoms with Crippen molar-refractivity contribution in [1.29, 1.82) is 0 Å². The first-order valence-corrected chi connectivity index (χ1v) is 8.98. The molecule has 1 N–H and O–H groups in total. The summed E-state index contributed by atoms with van der Waals surface area (Å²) in [5.41, 5.74) is 0. The van der Waals surface area contributed by atoms with Crippen LogP contribution in [0.3, 0.4) is 0 Å². The van der Waals surface area contributed by atoms with Crippen LogP contribution >= 0.6 is 24.0 Å². The Morgan fingerprint density at radius 2 is 1.96 bits per heavy atom. The van der Waals surface area contributed by atoms with Crippen LogP contribution in [0.25, 0.3) is 0 Å². The lowest BCUT2D eigenvalue weighted by atomic mass is 10.1. The van der Waals surface area contributed by atoms with Gasteiger partial charge in [-0.2, -0.15) is 0 Å². The van der Waals surface area contributed by atoms with E-state index in [0.717, 1.165) is 51.4 Å². The lowest BCUT2D eigenvalue weighted by Crippen LogP contribution is -2.42. The van der Waals surface area contributed by atoms with Gasteiger partial charge in [0.05, 0.1) is 13.2 Å². The number of guanidine groups is 1. The molecule has 6 heteroatoms. The molecule has 0 aromatic carbocycles. The number of aliphatic imine (C=N–C) groups is 1. The molecule has 0 aromatic rings. The zero-order chi connectivity index (χ0) is 15.8. The number of nitrogens with one attached hydrogen (secondary N) is 1. The molecule has 136 valence electrons. The van der Waals surface area contributed by atoms with E-state index < -0.39 is 0 Å². The molecular weight excluding hydrogens is 403 g/mol. The fourth-order valence-corrected chi connectivity index (χ4v) is 3.51. The van der Waals surface area contributed by atoms with E-state index in [9.17, 15) is 0 Å². The summed E-state index contributed by atoms with van der Waals surface area (Å²) in [7, 11) is 4.39. The Kier molecular flexibility index (Phi) is 10.5. The molecule has 0 amide bonds. The summed E-state index contributed by atoms with van der Waals surface area (Å²) < 4.78 is 5.47. The van der Waals surface area contributed by atoms with E-state index in [4.69, 9.17) is 9.73 Å². The Hall–Kier alpha value is -0.0800. The number of rotatable bonds is 7. The summed E-state index contributed by atoms with van der Waals surface area (Å²) in [6.45, 7) is 7.83. The van der Waals surface area contributed by atoms with Crippen LogP contribution in [0.15, 0.2) is 4.99 Å². The fourth-order valence-electron chi connectivity index (χ4n) is 3.51. The number of nitrogens with zero attached hydrogens (tertiary/aromatic N) is 3. The summed E-state index contributed by atoms with van der Waals surface area (Å²) in [6, 6.07) is 0.783. The third-order valence-corrected chi connectivity index (χ3v) is 4.91. The van der Waals surface area contributed by atoms with Gasteiger partial charge in [-0.15, -0.1) is 24.0 Å². The van der Waals surface area contributed by atoms with Gasteiger partial charge in [-0.05, 0) is 33.2 Å². The Morgan fingerprint density at radius 3 is 2.57 bits per heavy atom. The van der Waals surface area contributed by atoms with Gasteiger partial charge in [0.1, 0.15) is 0 Å². The Morgan fingerprint density at radius 1 is 1.22 bits per heavy atom. The molecule has 1 atom stereocenters. The summed E-state index contributed by atoms with van der Waals surface area (Å²) in [4.78, 5) is 9.57. The summed E-state index contributed by atoms with van der Waals surface area (Å²) in [6.07, 6.45) is 6.69. The normalized spacial score (nSPS) is 22.4. The highest BCUT2D eigenvalue weighted by Gasteiger charge is 2.20. The first-order chi connectivity index (χ1) is 10.7. The average molecular weight is 438 g/mol. The molecule has 0 spiro atoms. The second-order valence-corrected chi connectivity index (χ2v) is 6.76. The molecule has 1 heterocycles. The third-order valence-electron chi connectivity index (χ3n) is 4.91. The maximum Gasteiger partial charge on any atom is 0.193 e. The van der Waals surface area contributed by atoms with E-state index in [1.54, 1.807) is 0 Å². The first-order valence-electron chi connectivity index (χ1n) is 8.98. The first kappa shape index (κ1) is 21.0. The number of hydrogen-bond acceptors (Lipinski definition) is 3. The molecule has 2 aliphatic rings. The van der Waals surface area contributed by atoms with Crippen LogP contribution in [0.2, 0.25) is 0 Å². The van der Waals surface area contributed by atoms with Crippen molar-refractivity contribution in [2.24, 2.45) is 10.9 Å². The molecule has 1 unspecified atom stereocenters. The van der Waals surface area contributed by atoms with Crippen LogP contribution in [0.4, 0.5) is 0 Å². The van der Waals surface area contributed by atoms with Gasteiger partial charge in [0.25, 0.3) is 0 Å². The van der Waals surface area contributed by atoms with Crippen LogP contribution in [0.5, 0.6) is 0 Å². The van der Waals surface area contributed by atoms with Crippen molar-refractivity contribution in [2.75, 3.05) is 53.5 Å². The highest BCUT2D eigenvalue weighted by atomic mass is 127. The molecule has 0 bridgehead atoms. The van der Waals surface area contributed by atoms with Crippen molar-refractivity contribution in [2.45, 2.75) is 45.1 Å².